The number of benzene rings is 1. The lowest BCUT2D eigenvalue weighted by Gasteiger charge is -2.18. The van der Waals surface area contributed by atoms with Crippen molar-refractivity contribution in [3.63, 3.8) is 0 Å². The van der Waals surface area contributed by atoms with Crippen LogP contribution < -0.4 is 4.74 Å². The molecule has 0 bridgehead atoms. The van der Waals surface area contributed by atoms with Crippen molar-refractivity contribution in [1.29, 1.82) is 0 Å². The van der Waals surface area contributed by atoms with E-state index in [4.69, 9.17) is 9.47 Å². The summed E-state index contributed by atoms with van der Waals surface area (Å²) in [6.07, 6.45) is 2.03. The van der Waals surface area contributed by atoms with E-state index in [0.29, 0.717) is 5.75 Å². The molecule has 0 atom stereocenters. The van der Waals surface area contributed by atoms with Crippen LogP contribution in [0.25, 0.3) is 0 Å². The highest BCUT2D eigenvalue weighted by Gasteiger charge is 2.18. The van der Waals surface area contributed by atoms with Gasteiger partial charge in [-0.1, -0.05) is 6.58 Å². The Morgan fingerprint density at radius 2 is 2.00 bits per heavy atom. The van der Waals surface area contributed by atoms with Crippen LogP contribution in [-0.4, -0.2) is 11.8 Å². The Kier molecular flexibility index (Phi) is 4.56. The highest BCUT2D eigenvalue weighted by Crippen LogP contribution is 2.20. The molecule has 91 valence electrons. The molecule has 0 unspecified atom stereocenters. The molecular weight excluding hydrogens is 331 g/mol. The number of carbonyl (C=O) groups excluding carboxylic acids is 1. The van der Waals surface area contributed by atoms with Gasteiger partial charge in [-0.05, 0) is 73.2 Å². The zero-order valence-corrected chi connectivity index (χ0v) is 12.2. The van der Waals surface area contributed by atoms with Gasteiger partial charge in [0.15, 0.2) is 0 Å². The van der Waals surface area contributed by atoms with Gasteiger partial charge in [-0.15, -0.1) is 0 Å². The largest absolute Gasteiger partial charge is 0.514 e. The van der Waals surface area contributed by atoms with Gasteiger partial charge in [-0.2, -0.15) is 0 Å². The molecule has 0 saturated carbocycles. The molecule has 1 rings (SSSR count). The van der Waals surface area contributed by atoms with E-state index < -0.39 is 11.8 Å². The van der Waals surface area contributed by atoms with Crippen LogP contribution in [0.5, 0.6) is 5.75 Å². The molecule has 0 fully saturated rings. The van der Waals surface area contributed by atoms with Crippen LogP contribution >= 0.6 is 22.6 Å². The molecule has 0 amide bonds. The molecular formula is C13H14IO3. The molecule has 0 aliphatic rings. The van der Waals surface area contributed by atoms with Gasteiger partial charge in [-0.3, -0.25) is 0 Å². The van der Waals surface area contributed by atoms with Gasteiger partial charge in [-0.25, -0.2) is 4.79 Å². The van der Waals surface area contributed by atoms with Crippen molar-refractivity contribution in [2.45, 2.75) is 26.4 Å². The third-order valence-corrected chi connectivity index (χ3v) is 2.29. The molecule has 4 heteroatoms. The van der Waals surface area contributed by atoms with Crippen molar-refractivity contribution >= 4 is 28.7 Å². The van der Waals surface area contributed by atoms with Crippen LogP contribution in [0.15, 0.2) is 24.8 Å². The van der Waals surface area contributed by atoms with E-state index in [1.54, 1.807) is 32.9 Å². The second kappa shape index (κ2) is 5.53. The minimum absolute atomic E-state index is 0.428. The van der Waals surface area contributed by atoms with Gasteiger partial charge >= 0.3 is 6.16 Å². The number of carbonyl (C=O) groups is 1. The normalized spacial score (nSPS) is 10.8. The Balaban J connectivity index is 2.78. The molecule has 0 N–H and O–H groups in total. The van der Waals surface area contributed by atoms with Crippen molar-refractivity contribution in [3.8, 4) is 5.75 Å². The average Bonchev–Trinajstić information content (AvgIpc) is 2.13. The van der Waals surface area contributed by atoms with E-state index >= 15 is 0 Å². The second-order valence-corrected chi connectivity index (χ2v) is 5.66. The lowest BCUT2D eigenvalue weighted by atomic mass is 10.2. The van der Waals surface area contributed by atoms with Gasteiger partial charge in [0.05, 0.1) is 0 Å². The maximum Gasteiger partial charge on any atom is 0.514 e. The first-order valence-corrected chi connectivity index (χ1v) is 6.12. The number of hydrogen-bond acceptors (Lipinski definition) is 3. The minimum Gasteiger partial charge on any atom is -0.428 e. The second-order valence-electron chi connectivity index (χ2n) is 4.42. The van der Waals surface area contributed by atoms with Crippen LogP contribution in [0.2, 0.25) is 0 Å². The summed E-state index contributed by atoms with van der Waals surface area (Å²) in [6, 6.07) is 5.31. The van der Waals surface area contributed by atoms with E-state index in [1.165, 1.54) is 0 Å². The highest BCUT2D eigenvalue weighted by molar-refractivity contribution is 14.1. The van der Waals surface area contributed by atoms with Gasteiger partial charge in [0.1, 0.15) is 11.4 Å². The predicted molar refractivity (Wildman–Crippen MR) is 74.0 cm³/mol. The number of halogens is 1. The van der Waals surface area contributed by atoms with Crippen LogP contribution in [0, 0.1) is 9.65 Å². The summed E-state index contributed by atoms with van der Waals surface area (Å²) in [5.74, 6) is 0.428. The topological polar surface area (TPSA) is 35.5 Å². The molecule has 0 heterocycles. The van der Waals surface area contributed by atoms with Crippen LogP contribution in [0.3, 0.4) is 0 Å². The summed E-state index contributed by atoms with van der Waals surface area (Å²) in [4.78, 5) is 11.5. The maximum atomic E-state index is 11.5. The number of hydrogen-bond donors (Lipinski definition) is 0. The predicted octanol–water partition coefficient (Wildman–Crippen LogP) is 3.94. The molecule has 0 aliphatic heterocycles. The molecule has 3 nitrogen and oxygen atoms in total. The number of ether oxygens (including phenoxy) is 2. The van der Waals surface area contributed by atoms with Gasteiger partial charge in [0, 0.05) is 3.57 Å². The molecule has 0 saturated heterocycles. The lowest BCUT2D eigenvalue weighted by Crippen LogP contribution is -2.26. The van der Waals surface area contributed by atoms with E-state index in [-0.39, 0.29) is 0 Å². The third-order valence-electron chi connectivity index (χ3n) is 1.67. The quantitative estimate of drug-likeness (QED) is 0.463. The summed E-state index contributed by atoms with van der Waals surface area (Å²) in [6.45, 7) is 8.90. The third kappa shape index (κ3) is 5.21. The van der Waals surface area contributed by atoms with Crippen molar-refractivity contribution in [1.82, 2.24) is 0 Å². The van der Waals surface area contributed by atoms with Crippen molar-refractivity contribution in [2.24, 2.45) is 0 Å². The lowest BCUT2D eigenvalue weighted by molar-refractivity contribution is 0.0206. The summed E-state index contributed by atoms with van der Waals surface area (Å²) in [5.41, 5.74) is 0.210. The van der Waals surface area contributed by atoms with E-state index in [1.807, 2.05) is 6.07 Å². The SMILES string of the molecule is C=[C]c1cc(I)cc(OC(=O)OC(C)(C)C)c1. The van der Waals surface area contributed by atoms with Gasteiger partial charge in [0.2, 0.25) is 0 Å². The van der Waals surface area contributed by atoms with E-state index in [9.17, 15) is 4.79 Å². The summed E-state index contributed by atoms with van der Waals surface area (Å²) >= 11 is 2.13. The van der Waals surface area contributed by atoms with Gasteiger partial charge in [0.25, 0.3) is 0 Å². The smallest absolute Gasteiger partial charge is 0.428 e. The first kappa shape index (κ1) is 14.0. The number of rotatable bonds is 2. The Labute approximate surface area is 115 Å². The monoisotopic (exact) mass is 345 g/mol. The van der Waals surface area contributed by atoms with Crippen LogP contribution in [0.1, 0.15) is 26.3 Å². The molecule has 0 aromatic heterocycles. The standard InChI is InChI=1S/C13H14IO3/c1-5-9-6-10(14)8-11(7-9)16-12(15)17-13(2,3)4/h6-8H,1H2,2-4H3. The van der Waals surface area contributed by atoms with Crippen molar-refractivity contribution < 1.29 is 14.3 Å². The van der Waals surface area contributed by atoms with Crippen LogP contribution in [-0.2, 0) is 4.74 Å². The minimum atomic E-state index is -0.713. The Morgan fingerprint density at radius 1 is 1.35 bits per heavy atom. The van der Waals surface area contributed by atoms with Gasteiger partial charge < -0.3 is 9.47 Å². The fourth-order valence-electron chi connectivity index (χ4n) is 1.09. The van der Waals surface area contributed by atoms with Crippen molar-refractivity contribution in [3.05, 3.63) is 40.0 Å². The first-order chi connectivity index (χ1) is 7.80. The highest BCUT2D eigenvalue weighted by atomic mass is 127. The zero-order chi connectivity index (χ0) is 13.1. The zero-order valence-electron chi connectivity index (χ0n) is 10.0. The van der Waals surface area contributed by atoms with E-state index in [0.717, 1.165) is 9.13 Å². The average molecular weight is 345 g/mol. The summed E-state index contributed by atoms with van der Waals surface area (Å²) in [7, 11) is 0. The Bertz CT molecular complexity index is 433. The van der Waals surface area contributed by atoms with Crippen molar-refractivity contribution in [2.75, 3.05) is 0 Å². The molecule has 1 aromatic carbocycles. The molecule has 1 radical (unpaired) electrons. The fourth-order valence-corrected chi connectivity index (χ4v) is 1.73. The first-order valence-electron chi connectivity index (χ1n) is 5.05. The fraction of sp³-hybridized carbons (Fsp3) is 0.308. The van der Waals surface area contributed by atoms with Crippen LogP contribution in [0.4, 0.5) is 4.79 Å². The summed E-state index contributed by atoms with van der Waals surface area (Å²) < 4.78 is 11.1. The molecule has 17 heavy (non-hydrogen) atoms. The summed E-state index contributed by atoms with van der Waals surface area (Å²) in [5, 5.41) is 0. The maximum absolute atomic E-state index is 11.5. The van der Waals surface area contributed by atoms with E-state index in [2.05, 4.69) is 35.2 Å². The molecule has 0 aliphatic carbocycles. The molecule has 1 aromatic rings. The Morgan fingerprint density at radius 3 is 2.53 bits per heavy atom. The Hall–Kier alpha value is -1.04. The molecule has 0 spiro atoms.